The number of amides is 1. The Morgan fingerprint density at radius 2 is 1.59 bits per heavy atom. The molecular weight excluding hydrogens is 546 g/mol. The zero-order valence-electron chi connectivity index (χ0n) is 11.1. The van der Waals surface area contributed by atoms with Gasteiger partial charge >= 0.3 is 0 Å². The molecule has 0 spiro atoms. The largest absolute Gasteiger partial charge is 0.466 e. The maximum atomic E-state index is 12.3. The zero-order valence-corrected chi connectivity index (χ0v) is 17.4. The van der Waals surface area contributed by atoms with Gasteiger partial charge < -0.3 is 10.1 Å². The van der Waals surface area contributed by atoms with E-state index in [1.54, 1.807) is 12.1 Å². The summed E-state index contributed by atoms with van der Waals surface area (Å²) in [6.07, 6.45) is -0.695. The van der Waals surface area contributed by atoms with E-state index in [0.717, 1.165) is 4.47 Å². The summed E-state index contributed by atoms with van der Waals surface area (Å²) in [6, 6.07) is 16.4. The van der Waals surface area contributed by atoms with Crippen molar-refractivity contribution < 1.29 is 9.53 Å². The van der Waals surface area contributed by atoms with Crippen LogP contribution in [0, 0.1) is 0 Å². The second kappa shape index (κ2) is 7.95. The van der Waals surface area contributed by atoms with Gasteiger partial charge in [-0.25, -0.2) is 0 Å². The van der Waals surface area contributed by atoms with Gasteiger partial charge in [-0.15, -0.1) is 0 Å². The van der Waals surface area contributed by atoms with Gasteiger partial charge in [-0.3, -0.25) is 4.79 Å². The van der Waals surface area contributed by atoms with Crippen LogP contribution in [0.4, 0.5) is 0 Å². The van der Waals surface area contributed by atoms with Crippen LogP contribution in [0.2, 0.25) is 0 Å². The summed E-state index contributed by atoms with van der Waals surface area (Å²) in [6.45, 7) is 0. The lowest BCUT2D eigenvalue weighted by molar-refractivity contribution is 0.0844. The molecule has 1 atom stereocenters. The monoisotopic (exact) mass is 553 g/mol. The van der Waals surface area contributed by atoms with Crippen molar-refractivity contribution >= 4 is 69.6 Å². The number of benzene rings is 2. The van der Waals surface area contributed by atoms with Crippen molar-refractivity contribution in [2.24, 2.45) is 0 Å². The molecule has 7 heteroatoms. The van der Waals surface area contributed by atoms with E-state index < -0.39 is 8.37 Å². The van der Waals surface area contributed by atoms with Crippen molar-refractivity contribution in [3.8, 4) is 5.75 Å². The van der Waals surface area contributed by atoms with Crippen molar-refractivity contribution in [1.82, 2.24) is 5.32 Å². The average Bonchev–Trinajstić information content (AvgIpc) is 2.48. The van der Waals surface area contributed by atoms with Crippen molar-refractivity contribution in [2.75, 3.05) is 0 Å². The molecule has 0 saturated carbocycles. The summed E-state index contributed by atoms with van der Waals surface area (Å²) in [7, 11) is 0. The molecule has 0 aromatic heterocycles. The Morgan fingerprint density at radius 1 is 1.00 bits per heavy atom. The Kier molecular flexibility index (Phi) is 6.49. The number of hydrogen-bond acceptors (Lipinski definition) is 2. The van der Waals surface area contributed by atoms with Crippen molar-refractivity contribution in [3.05, 3.63) is 64.6 Å². The number of ether oxygens (including phenoxy) is 1. The quantitative estimate of drug-likeness (QED) is 0.403. The predicted molar refractivity (Wildman–Crippen MR) is 102 cm³/mol. The van der Waals surface area contributed by atoms with Crippen LogP contribution in [0.1, 0.15) is 10.4 Å². The second-order valence-electron chi connectivity index (χ2n) is 4.31. The highest BCUT2D eigenvalue weighted by Crippen LogP contribution is 2.39. The molecule has 1 N–H and O–H groups in total. The molecule has 0 radical (unpaired) electrons. The molecule has 0 aliphatic heterocycles. The van der Waals surface area contributed by atoms with E-state index in [1.807, 2.05) is 42.5 Å². The molecule has 116 valence electrons. The SMILES string of the molecule is O=C(N[C@@H](Oc1ccccc1Br)C(Br)(Br)Br)c1ccccc1. The predicted octanol–water partition coefficient (Wildman–Crippen LogP) is 5.42. The van der Waals surface area contributed by atoms with Crippen LogP contribution in [-0.4, -0.2) is 14.3 Å². The van der Waals surface area contributed by atoms with Crippen molar-refractivity contribution in [2.45, 2.75) is 8.37 Å². The van der Waals surface area contributed by atoms with Gasteiger partial charge in [0.05, 0.1) is 4.47 Å². The minimum absolute atomic E-state index is 0.236. The van der Waals surface area contributed by atoms with Crippen LogP contribution in [0.15, 0.2) is 59.1 Å². The smallest absolute Gasteiger partial charge is 0.254 e. The normalized spacial score (nSPS) is 12.5. The molecule has 0 heterocycles. The summed E-state index contributed by atoms with van der Waals surface area (Å²) in [4.78, 5) is 12.3. The van der Waals surface area contributed by atoms with Crippen LogP contribution in [0.5, 0.6) is 5.75 Å². The second-order valence-corrected chi connectivity index (χ2v) is 12.1. The Morgan fingerprint density at radius 3 is 2.18 bits per heavy atom. The van der Waals surface area contributed by atoms with Gasteiger partial charge in [-0.1, -0.05) is 78.1 Å². The van der Waals surface area contributed by atoms with E-state index >= 15 is 0 Å². The summed E-state index contributed by atoms with van der Waals surface area (Å²) in [5.41, 5.74) is 0.556. The fourth-order valence-electron chi connectivity index (χ4n) is 1.64. The highest BCUT2D eigenvalue weighted by molar-refractivity contribution is 9.39. The molecule has 3 nitrogen and oxygen atoms in total. The Balaban J connectivity index is 2.18. The van der Waals surface area contributed by atoms with Gasteiger partial charge in [0, 0.05) is 5.56 Å². The maximum absolute atomic E-state index is 12.3. The van der Waals surface area contributed by atoms with E-state index in [9.17, 15) is 4.79 Å². The Hall–Kier alpha value is -0.370. The molecule has 0 unspecified atom stereocenters. The highest BCUT2D eigenvalue weighted by atomic mass is 80.0. The minimum atomic E-state index is -0.813. The third-order valence-electron chi connectivity index (χ3n) is 2.68. The molecule has 2 aromatic carbocycles. The maximum Gasteiger partial charge on any atom is 0.254 e. The first-order valence-corrected chi connectivity index (χ1v) is 9.39. The fourth-order valence-corrected chi connectivity index (χ4v) is 2.64. The zero-order chi connectivity index (χ0) is 16.2. The van der Waals surface area contributed by atoms with Crippen LogP contribution in [0.25, 0.3) is 0 Å². The minimum Gasteiger partial charge on any atom is -0.466 e. The van der Waals surface area contributed by atoms with E-state index in [0.29, 0.717) is 11.3 Å². The van der Waals surface area contributed by atoms with E-state index in [4.69, 9.17) is 4.74 Å². The van der Waals surface area contributed by atoms with E-state index in [2.05, 4.69) is 69.0 Å². The number of carbonyl (C=O) groups is 1. The van der Waals surface area contributed by atoms with Crippen molar-refractivity contribution in [3.63, 3.8) is 0 Å². The summed E-state index contributed by atoms with van der Waals surface area (Å²) in [5, 5.41) is 2.83. The Bertz CT molecular complexity index is 643. The molecule has 0 saturated heterocycles. The molecule has 2 aromatic rings. The molecule has 1 amide bonds. The molecule has 2 rings (SSSR count). The summed E-state index contributed by atoms with van der Waals surface area (Å²) >= 11 is 13.6. The molecular formula is C15H11Br4NO2. The lowest BCUT2D eigenvalue weighted by atomic mass is 10.2. The first-order chi connectivity index (χ1) is 10.4. The summed E-state index contributed by atoms with van der Waals surface area (Å²) in [5.74, 6) is 0.379. The van der Waals surface area contributed by atoms with Gasteiger partial charge in [-0.2, -0.15) is 0 Å². The third kappa shape index (κ3) is 5.08. The number of hydrogen-bond donors (Lipinski definition) is 1. The average molecular weight is 557 g/mol. The molecule has 22 heavy (non-hydrogen) atoms. The highest BCUT2D eigenvalue weighted by Gasteiger charge is 2.35. The van der Waals surface area contributed by atoms with E-state index in [-0.39, 0.29) is 5.91 Å². The first-order valence-electron chi connectivity index (χ1n) is 6.22. The number of rotatable bonds is 4. The fraction of sp³-hybridized carbons (Fsp3) is 0.133. The van der Waals surface area contributed by atoms with Gasteiger partial charge in [-0.05, 0) is 40.2 Å². The van der Waals surface area contributed by atoms with E-state index in [1.165, 1.54) is 0 Å². The number of para-hydroxylation sites is 1. The standard InChI is InChI=1S/C15H11Br4NO2/c16-11-8-4-5-9-12(11)22-14(15(17,18)19)20-13(21)10-6-2-1-3-7-10/h1-9,14H,(H,20,21)/t14-/m0/s1. The number of carbonyl (C=O) groups excluding carboxylic acids is 1. The Labute approximate surface area is 162 Å². The number of nitrogens with one attached hydrogen (secondary N) is 1. The summed E-state index contributed by atoms with van der Waals surface area (Å²) < 4.78 is 5.87. The van der Waals surface area contributed by atoms with Crippen LogP contribution in [0.3, 0.4) is 0 Å². The van der Waals surface area contributed by atoms with Crippen LogP contribution < -0.4 is 10.1 Å². The molecule has 0 aliphatic rings. The molecule has 0 aliphatic carbocycles. The van der Waals surface area contributed by atoms with Crippen molar-refractivity contribution in [1.29, 1.82) is 0 Å². The topological polar surface area (TPSA) is 38.3 Å². The van der Waals surface area contributed by atoms with Gasteiger partial charge in [0.15, 0.2) is 2.14 Å². The van der Waals surface area contributed by atoms with Gasteiger partial charge in [0.2, 0.25) is 6.23 Å². The van der Waals surface area contributed by atoms with Crippen LogP contribution >= 0.6 is 63.7 Å². The van der Waals surface area contributed by atoms with Gasteiger partial charge in [0.25, 0.3) is 5.91 Å². The lowest BCUT2D eigenvalue weighted by Crippen LogP contribution is -2.47. The first kappa shape index (κ1) is 18.0. The number of halogens is 4. The number of alkyl halides is 3. The lowest BCUT2D eigenvalue weighted by Gasteiger charge is -2.27. The van der Waals surface area contributed by atoms with Crippen LogP contribution in [-0.2, 0) is 0 Å². The molecule has 0 bridgehead atoms. The molecule has 0 fully saturated rings. The third-order valence-corrected chi connectivity index (χ3v) is 4.58. The van der Waals surface area contributed by atoms with Gasteiger partial charge in [0.1, 0.15) is 5.75 Å².